The van der Waals surface area contributed by atoms with Gasteiger partial charge in [0.25, 0.3) is 0 Å². The van der Waals surface area contributed by atoms with Crippen molar-refractivity contribution in [1.29, 1.82) is 0 Å². The molecule has 0 spiro atoms. The summed E-state index contributed by atoms with van der Waals surface area (Å²) in [5, 5.41) is 7.33. The highest BCUT2D eigenvalue weighted by Crippen LogP contribution is 2.31. The molecule has 0 amide bonds. The molecule has 49 heavy (non-hydrogen) atoms. The molecular formula is C35H50F3N9O2. The Balaban J connectivity index is 0.000000286. The van der Waals surface area contributed by atoms with Crippen LogP contribution in [0.3, 0.4) is 0 Å². The van der Waals surface area contributed by atoms with Gasteiger partial charge in [0.1, 0.15) is 11.4 Å². The van der Waals surface area contributed by atoms with Crippen molar-refractivity contribution in [3.05, 3.63) is 87.6 Å². The van der Waals surface area contributed by atoms with Crippen LogP contribution in [0.2, 0.25) is 0 Å². The summed E-state index contributed by atoms with van der Waals surface area (Å²) in [4.78, 5) is 23.9. The van der Waals surface area contributed by atoms with E-state index in [9.17, 15) is 18.0 Å². The Labute approximate surface area is 285 Å². The number of nitrogens with zero attached hydrogens (tertiary/aromatic N) is 3. The van der Waals surface area contributed by atoms with Crippen LogP contribution in [0.1, 0.15) is 70.3 Å². The van der Waals surface area contributed by atoms with E-state index in [1.54, 1.807) is 4.57 Å². The molecule has 4 rings (SSSR count). The quantitative estimate of drug-likeness (QED) is 0.0707. The van der Waals surface area contributed by atoms with Gasteiger partial charge in [0.05, 0.1) is 5.69 Å². The topological polar surface area (TPSA) is 174 Å². The number of alkyl halides is 3. The normalized spacial score (nSPS) is 12.0. The summed E-state index contributed by atoms with van der Waals surface area (Å²) in [7, 11) is 0. The number of ether oxygens (including phenoxy) is 1. The molecular weight excluding hydrogens is 635 g/mol. The highest BCUT2D eigenvalue weighted by atomic mass is 19.4. The average molecular weight is 686 g/mol. The van der Waals surface area contributed by atoms with Crippen LogP contribution in [0.5, 0.6) is 5.75 Å². The zero-order valence-electron chi connectivity index (χ0n) is 29.2. The van der Waals surface area contributed by atoms with Gasteiger partial charge in [0.15, 0.2) is 5.96 Å². The van der Waals surface area contributed by atoms with Crippen LogP contribution in [0, 0.1) is 0 Å². The Hall–Kier alpha value is -4.40. The SMILES string of the molecule is CC(C)(C)c1cc(CNCCN)cc(OC(F)(F)F)c1.CC(C)(C)c1cc2cn(-c3ccc(CNCCCN=C(N)N)cc3)c(=O)nc2[nH]1. The molecule has 268 valence electrons. The van der Waals surface area contributed by atoms with Gasteiger partial charge < -0.3 is 37.6 Å². The second kappa shape index (κ2) is 16.8. The van der Waals surface area contributed by atoms with E-state index in [4.69, 9.17) is 17.2 Å². The van der Waals surface area contributed by atoms with Crippen molar-refractivity contribution in [2.75, 3.05) is 26.2 Å². The maximum atomic E-state index is 12.5. The Morgan fingerprint density at radius 1 is 0.918 bits per heavy atom. The van der Waals surface area contributed by atoms with Crippen molar-refractivity contribution in [2.45, 2.75) is 78.2 Å². The fourth-order valence-electron chi connectivity index (χ4n) is 4.73. The Kier molecular flexibility index (Phi) is 13.4. The van der Waals surface area contributed by atoms with Crippen molar-refractivity contribution in [3.63, 3.8) is 0 Å². The molecule has 14 heteroatoms. The summed E-state index contributed by atoms with van der Waals surface area (Å²) in [6, 6.07) is 14.6. The zero-order chi connectivity index (χ0) is 36.4. The third kappa shape index (κ3) is 12.9. The second-order valence-electron chi connectivity index (χ2n) is 13.8. The number of guanidine groups is 1. The largest absolute Gasteiger partial charge is 0.573 e. The van der Waals surface area contributed by atoms with Gasteiger partial charge in [-0.2, -0.15) is 4.98 Å². The van der Waals surface area contributed by atoms with E-state index in [1.807, 2.05) is 57.3 Å². The van der Waals surface area contributed by atoms with E-state index in [1.165, 1.54) is 12.1 Å². The summed E-state index contributed by atoms with van der Waals surface area (Å²) < 4.78 is 42.7. The third-order valence-electron chi connectivity index (χ3n) is 7.38. The Morgan fingerprint density at radius 3 is 2.16 bits per heavy atom. The molecule has 0 aliphatic rings. The number of nitrogens with two attached hydrogens (primary N) is 3. The maximum absolute atomic E-state index is 12.5. The molecule has 2 heterocycles. The lowest BCUT2D eigenvalue weighted by Crippen LogP contribution is -2.23. The predicted octanol–water partition coefficient (Wildman–Crippen LogP) is 4.70. The van der Waals surface area contributed by atoms with Gasteiger partial charge in [-0.1, -0.05) is 59.7 Å². The van der Waals surface area contributed by atoms with E-state index >= 15 is 0 Å². The molecule has 0 saturated heterocycles. The van der Waals surface area contributed by atoms with Gasteiger partial charge in [-0.05, 0) is 65.4 Å². The molecule has 0 atom stereocenters. The highest BCUT2D eigenvalue weighted by Gasteiger charge is 2.31. The first-order chi connectivity index (χ1) is 22.9. The maximum Gasteiger partial charge on any atom is 0.573 e. The molecule has 0 fully saturated rings. The van der Waals surface area contributed by atoms with Crippen LogP contribution in [0.4, 0.5) is 13.2 Å². The number of benzene rings is 2. The Morgan fingerprint density at radius 2 is 1.57 bits per heavy atom. The van der Waals surface area contributed by atoms with Crippen molar-refractivity contribution < 1.29 is 17.9 Å². The molecule has 0 bridgehead atoms. The molecule has 0 radical (unpaired) electrons. The second-order valence-corrected chi connectivity index (χ2v) is 13.8. The number of aliphatic imine (C=N–C) groups is 1. The zero-order valence-corrected chi connectivity index (χ0v) is 29.2. The lowest BCUT2D eigenvalue weighted by atomic mass is 9.86. The summed E-state index contributed by atoms with van der Waals surface area (Å²) >= 11 is 0. The van der Waals surface area contributed by atoms with Crippen LogP contribution in [-0.2, 0) is 23.9 Å². The van der Waals surface area contributed by atoms with Crippen molar-refractivity contribution >= 4 is 17.0 Å². The standard InChI is InChI=1S/C21H29N7O.C14H21F3N2O/c1-21(2,3)17-11-15-13-28(20(29)27-18(15)26-17)16-7-5-14(6-8-16)12-24-9-4-10-25-19(22)23;1-13(2,3)11-6-10(9-19-5-4-18)7-12(8-11)20-14(15,16)17/h5-8,11,13,24H,4,9-10,12H2,1-3H3,(H4,22,23,25)(H,26,27,29);6-8,19H,4-5,9,18H2,1-3H3. The number of fused-ring (bicyclic) bond motifs is 1. The van der Waals surface area contributed by atoms with Gasteiger partial charge in [0.2, 0.25) is 0 Å². The first-order valence-corrected chi connectivity index (χ1v) is 16.1. The van der Waals surface area contributed by atoms with Crippen LogP contribution >= 0.6 is 0 Å². The molecule has 2 aromatic heterocycles. The molecule has 0 aliphatic carbocycles. The molecule has 4 aromatic rings. The fraction of sp³-hybridized carbons (Fsp3) is 0.457. The van der Waals surface area contributed by atoms with E-state index in [-0.39, 0.29) is 28.2 Å². The minimum Gasteiger partial charge on any atom is -0.406 e. The Bertz CT molecular complexity index is 1730. The number of rotatable bonds is 12. The van der Waals surface area contributed by atoms with Crippen molar-refractivity contribution in [1.82, 2.24) is 25.2 Å². The number of aromatic nitrogens is 3. The molecule has 0 unspecified atom stereocenters. The van der Waals surface area contributed by atoms with Crippen molar-refractivity contribution in [2.24, 2.45) is 22.2 Å². The van der Waals surface area contributed by atoms with Crippen LogP contribution in [-0.4, -0.2) is 53.0 Å². The van der Waals surface area contributed by atoms with Gasteiger partial charge in [-0.15, -0.1) is 13.2 Å². The monoisotopic (exact) mass is 685 g/mol. The number of hydrogen-bond acceptors (Lipinski definition) is 7. The van der Waals surface area contributed by atoms with Crippen LogP contribution in [0.25, 0.3) is 16.7 Å². The molecule has 2 aromatic carbocycles. The van der Waals surface area contributed by atoms with Gasteiger partial charge in [-0.25, -0.2) is 4.79 Å². The average Bonchev–Trinajstić information content (AvgIpc) is 3.41. The summed E-state index contributed by atoms with van der Waals surface area (Å²) in [6.45, 7) is 15.9. The van der Waals surface area contributed by atoms with E-state index in [0.717, 1.165) is 53.0 Å². The summed E-state index contributed by atoms with van der Waals surface area (Å²) in [5.41, 5.74) is 20.5. The van der Waals surface area contributed by atoms with E-state index in [2.05, 4.69) is 57.2 Å². The number of H-pyrrole nitrogens is 1. The van der Waals surface area contributed by atoms with E-state index < -0.39 is 6.36 Å². The summed E-state index contributed by atoms with van der Waals surface area (Å²) in [5.74, 6) is -0.0627. The molecule has 9 N–H and O–H groups in total. The number of hydrogen-bond donors (Lipinski definition) is 6. The van der Waals surface area contributed by atoms with Crippen LogP contribution < -0.4 is 38.3 Å². The number of aromatic amines is 1. The van der Waals surface area contributed by atoms with Gasteiger partial charge in [-0.3, -0.25) is 9.56 Å². The minimum atomic E-state index is -4.68. The predicted molar refractivity (Wildman–Crippen MR) is 190 cm³/mol. The smallest absolute Gasteiger partial charge is 0.406 e. The highest BCUT2D eigenvalue weighted by molar-refractivity contribution is 5.76. The van der Waals surface area contributed by atoms with Gasteiger partial charge >= 0.3 is 12.1 Å². The summed E-state index contributed by atoms with van der Waals surface area (Å²) in [6.07, 6.45) is -1.98. The third-order valence-corrected chi connectivity index (χ3v) is 7.38. The first-order valence-electron chi connectivity index (χ1n) is 16.1. The first kappa shape index (κ1) is 39.0. The number of halogens is 3. The molecule has 11 nitrogen and oxygen atoms in total. The minimum absolute atomic E-state index is 0.0352. The van der Waals surface area contributed by atoms with E-state index in [0.29, 0.717) is 31.8 Å². The van der Waals surface area contributed by atoms with Crippen LogP contribution in [0.15, 0.2) is 64.5 Å². The molecule has 0 saturated carbocycles. The fourth-order valence-corrected chi connectivity index (χ4v) is 4.73. The van der Waals surface area contributed by atoms with Crippen molar-refractivity contribution in [3.8, 4) is 11.4 Å². The van der Waals surface area contributed by atoms with Gasteiger partial charge in [0, 0.05) is 55.4 Å². The number of nitrogens with one attached hydrogen (secondary N) is 3. The lowest BCUT2D eigenvalue weighted by molar-refractivity contribution is -0.274. The lowest BCUT2D eigenvalue weighted by Gasteiger charge is -2.22. The molecule has 0 aliphatic heterocycles.